The molecule has 0 spiro atoms. The molecule has 0 saturated carbocycles. The average molecular weight is 1210 g/mol. The summed E-state index contributed by atoms with van der Waals surface area (Å²) in [6.07, 6.45) is 31.5. The topological polar surface area (TPSA) is 0 Å². The Hall–Kier alpha value is 5.28. The van der Waals surface area contributed by atoms with Crippen molar-refractivity contribution in [3.63, 3.8) is 0 Å². The first-order valence-electron chi connectivity index (χ1n) is 16.0. The molecule has 58 heavy (non-hydrogen) atoms. The van der Waals surface area contributed by atoms with Gasteiger partial charge in [0.15, 0.2) is 0 Å². The van der Waals surface area contributed by atoms with Gasteiger partial charge in [-0.1, -0.05) is 141 Å². The molecule has 6 aliphatic rings. The number of hydrogen-bond donors (Lipinski definition) is 0. The minimum atomic E-state index is 1.00. The molecule has 0 unspecified atom stereocenters. The summed E-state index contributed by atoms with van der Waals surface area (Å²) in [6.45, 7) is 0. The van der Waals surface area contributed by atoms with E-state index in [2.05, 4.69) is 86.5 Å². The molecule has 0 radical (unpaired) electrons. The zero-order valence-corrected chi connectivity index (χ0v) is 51.3. The van der Waals surface area contributed by atoms with Gasteiger partial charge in [-0.25, -0.2) is 0 Å². The molecule has 314 valence electrons. The number of rotatable bonds is 19. The summed E-state index contributed by atoms with van der Waals surface area (Å²) in [5.41, 5.74) is 0. The molecule has 0 saturated heterocycles. The second kappa shape index (κ2) is 28.1. The van der Waals surface area contributed by atoms with Crippen LogP contribution in [-0.2, 0) is 0 Å². The summed E-state index contributed by atoms with van der Waals surface area (Å²) in [4.78, 5) is 0. The smallest absolute Gasteiger partial charge is 0.0668 e. The van der Waals surface area contributed by atoms with Gasteiger partial charge in [0.25, 0.3) is 0 Å². The van der Waals surface area contributed by atoms with E-state index in [9.17, 15) is 0 Å². The lowest BCUT2D eigenvalue weighted by Crippen LogP contribution is -1.77. The Morgan fingerprint density at radius 3 is 0.552 bits per heavy atom. The average Bonchev–Trinajstić information content (AvgIpc) is 4.11. The van der Waals surface area contributed by atoms with Crippen molar-refractivity contribution in [1.82, 2.24) is 0 Å². The predicted molar refractivity (Wildman–Crippen MR) is 330 cm³/mol. The van der Waals surface area contributed by atoms with E-state index in [1.807, 2.05) is 282 Å². The zero-order valence-electron chi connectivity index (χ0n) is 31.7. The van der Waals surface area contributed by atoms with Crippen LogP contribution in [0.2, 0.25) is 0 Å². The molecule has 6 aliphatic heterocycles. The maximum atomic E-state index is 2.36. The Balaban J connectivity index is 1.08. The third kappa shape index (κ3) is 15.4. The van der Waals surface area contributed by atoms with Crippen LogP contribution in [0.15, 0.2) is 113 Å². The van der Waals surface area contributed by atoms with Crippen LogP contribution in [0.5, 0.6) is 0 Å². The molecule has 6 rings (SSSR count). The molecule has 0 N–H and O–H groups in total. The van der Waals surface area contributed by atoms with Gasteiger partial charge in [-0.3, -0.25) is 0 Å². The van der Waals surface area contributed by atoms with Crippen molar-refractivity contribution in [1.29, 1.82) is 0 Å². The van der Waals surface area contributed by atoms with Gasteiger partial charge >= 0.3 is 0 Å². The highest BCUT2D eigenvalue weighted by atomic mass is 32.3. The highest BCUT2D eigenvalue weighted by molar-refractivity contribution is 8.46. The Morgan fingerprint density at radius 2 is 0.379 bits per heavy atom. The van der Waals surface area contributed by atoms with E-state index in [1.54, 1.807) is 0 Å². The SMILES string of the molecule is CSC1=C(SC)SC(=CC=C2SC(SCSC3=C(SC)S/C(=C\C=C4SC(SC)=C(SC)S4)S3)=C(SCSC3=C(SC)S/C(=C\C=C4SC(SC)=C(SC)S4)S3)S2)S1. The lowest BCUT2D eigenvalue weighted by molar-refractivity contribution is 2.05. The first-order chi connectivity index (χ1) is 28.3. The Bertz CT molecular complexity index is 1800. The van der Waals surface area contributed by atoms with Crippen LogP contribution in [-0.4, -0.2) is 60.2 Å². The van der Waals surface area contributed by atoms with Gasteiger partial charge in [0.1, 0.15) is 0 Å². The quantitative estimate of drug-likeness (QED) is 0.113. The van der Waals surface area contributed by atoms with Gasteiger partial charge in [0.2, 0.25) is 0 Å². The summed E-state index contributed by atoms with van der Waals surface area (Å²) in [5.74, 6) is 0. The molecular formula is C34H34S24. The third-order valence-electron chi connectivity index (χ3n) is 6.63. The fourth-order valence-corrected chi connectivity index (χ4v) is 35.9. The molecule has 0 aromatic rings. The van der Waals surface area contributed by atoms with E-state index in [1.165, 1.54) is 76.3 Å². The van der Waals surface area contributed by atoms with E-state index in [0.29, 0.717) is 0 Å². The molecule has 0 aromatic heterocycles. The molecule has 0 bridgehead atoms. The lowest BCUT2D eigenvalue weighted by Gasteiger charge is -2.07. The van der Waals surface area contributed by atoms with Crippen molar-refractivity contribution in [2.75, 3.05) is 60.2 Å². The molecular weight excluding hydrogens is 1180 g/mol. The molecule has 0 atom stereocenters. The summed E-state index contributed by atoms with van der Waals surface area (Å²) in [6, 6.07) is 0. The Morgan fingerprint density at radius 1 is 0.241 bits per heavy atom. The van der Waals surface area contributed by atoms with Crippen molar-refractivity contribution in [3.05, 3.63) is 113 Å². The first-order valence-corrected chi connectivity index (χ1v) is 39.5. The van der Waals surface area contributed by atoms with Gasteiger partial charge < -0.3 is 0 Å². The van der Waals surface area contributed by atoms with Gasteiger partial charge in [-0.15, -0.1) is 141 Å². The maximum Gasteiger partial charge on any atom is 0.0668 e. The van der Waals surface area contributed by atoms with E-state index < -0.39 is 0 Å². The summed E-state index contributed by atoms with van der Waals surface area (Å²) >= 11 is 46.1. The van der Waals surface area contributed by atoms with Crippen molar-refractivity contribution in [3.8, 4) is 0 Å². The van der Waals surface area contributed by atoms with Crippen molar-refractivity contribution < 1.29 is 0 Å². The van der Waals surface area contributed by atoms with Gasteiger partial charge in [-0.2, -0.15) is 0 Å². The summed E-state index contributed by atoms with van der Waals surface area (Å²) in [5, 5.41) is 2.01. The Labute approximate surface area is 447 Å². The highest BCUT2D eigenvalue weighted by Crippen LogP contribution is 2.64. The van der Waals surface area contributed by atoms with Crippen LogP contribution in [0.3, 0.4) is 0 Å². The van der Waals surface area contributed by atoms with Crippen LogP contribution in [0.1, 0.15) is 0 Å². The monoisotopic (exact) mass is 1210 g/mol. The van der Waals surface area contributed by atoms with E-state index >= 15 is 0 Å². The molecule has 0 aliphatic carbocycles. The van der Waals surface area contributed by atoms with Crippen molar-refractivity contribution in [2.24, 2.45) is 0 Å². The van der Waals surface area contributed by atoms with E-state index in [-0.39, 0.29) is 0 Å². The minimum Gasteiger partial charge on any atom is -0.121 e. The van der Waals surface area contributed by atoms with E-state index in [0.717, 1.165) is 10.2 Å². The van der Waals surface area contributed by atoms with Crippen molar-refractivity contribution in [2.45, 2.75) is 0 Å². The molecule has 0 nitrogen and oxygen atoms in total. The maximum absolute atomic E-state index is 2.36. The first kappa shape index (κ1) is 52.6. The lowest BCUT2D eigenvalue weighted by atomic mass is 10.6. The van der Waals surface area contributed by atoms with Crippen LogP contribution in [0.25, 0.3) is 0 Å². The van der Waals surface area contributed by atoms with E-state index in [4.69, 9.17) is 0 Å². The van der Waals surface area contributed by atoms with Crippen LogP contribution in [0, 0.1) is 0 Å². The van der Waals surface area contributed by atoms with Gasteiger partial charge in [-0.05, 0) is 86.5 Å². The van der Waals surface area contributed by atoms with Crippen LogP contribution in [0.4, 0.5) is 0 Å². The number of allylic oxidation sites excluding steroid dienone is 6. The fourth-order valence-electron chi connectivity index (χ4n) is 4.16. The number of hydrogen-bond acceptors (Lipinski definition) is 24. The second-order valence-corrected chi connectivity index (χ2v) is 38.5. The largest absolute Gasteiger partial charge is 0.121 e. The molecule has 0 aromatic carbocycles. The Kier molecular flexibility index (Phi) is 25.5. The molecule has 0 amide bonds. The third-order valence-corrected chi connectivity index (χ3v) is 38.2. The zero-order chi connectivity index (χ0) is 41.0. The van der Waals surface area contributed by atoms with Crippen molar-refractivity contribution >= 4 is 282 Å². The van der Waals surface area contributed by atoms with Gasteiger partial charge in [0, 0.05) is 10.2 Å². The molecule has 6 heterocycles. The predicted octanol–water partition coefficient (Wildman–Crippen LogP) is 21.4. The van der Waals surface area contributed by atoms with Gasteiger partial charge in [0.05, 0.1) is 76.3 Å². The molecule has 24 heteroatoms. The van der Waals surface area contributed by atoms with Crippen LogP contribution >= 0.6 is 282 Å². The second-order valence-electron chi connectivity index (χ2n) is 10.0. The standard InChI is InChI=1S/C34H34S24/c1-35-23-24(36-2)48-17(47-23)9-12-20-53-29(41-7)31(55-20)43-15-45-33-34(58-22(57-33)14-11-19-51-27(39-5)28(40-6)52-19)46-16-44-32-30(42-8)54-21(56-32)13-10-18-49-25(37-3)26(38-4)50-18/h9-14H,15-16H2,1-8H3/b20-12+,21-13+. The summed E-state index contributed by atoms with van der Waals surface area (Å²) < 4.78 is 25.4. The fraction of sp³-hybridized carbons (Fsp3) is 0.294. The number of thioether (sulfide) groups is 24. The summed E-state index contributed by atoms with van der Waals surface area (Å²) in [7, 11) is 0. The molecule has 0 fully saturated rings. The normalized spacial score (nSPS) is 21.8. The highest BCUT2D eigenvalue weighted by Gasteiger charge is 2.28. The van der Waals surface area contributed by atoms with Crippen LogP contribution < -0.4 is 0 Å². The minimum absolute atomic E-state index is 1.00.